The van der Waals surface area contributed by atoms with Gasteiger partial charge in [0.25, 0.3) is 0 Å². The number of amides is 1. The first-order valence-corrected chi connectivity index (χ1v) is 6.20. The second-order valence-corrected chi connectivity index (χ2v) is 4.87. The summed E-state index contributed by atoms with van der Waals surface area (Å²) in [5.41, 5.74) is 1.94. The van der Waals surface area contributed by atoms with Gasteiger partial charge >= 0.3 is 0 Å². The molecule has 1 aromatic heterocycles. The highest BCUT2D eigenvalue weighted by molar-refractivity contribution is 8.00. The Labute approximate surface area is 103 Å². The van der Waals surface area contributed by atoms with E-state index in [0.29, 0.717) is 0 Å². The average Bonchev–Trinajstić information content (AvgIpc) is 2.68. The van der Waals surface area contributed by atoms with E-state index in [2.05, 4.69) is 10.3 Å². The van der Waals surface area contributed by atoms with E-state index >= 15 is 0 Å². The van der Waals surface area contributed by atoms with Crippen molar-refractivity contribution >= 4 is 23.4 Å². The van der Waals surface area contributed by atoms with Crippen molar-refractivity contribution in [1.29, 1.82) is 0 Å². The molecular weight excluding hydrogens is 232 g/mol. The molecule has 1 unspecified atom stereocenters. The van der Waals surface area contributed by atoms with Crippen molar-refractivity contribution < 1.29 is 4.79 Å². The van der Waals surface area contributed by atoms with Crippen molar-refractivity contribution in [3.63, 3.8) is 0 Å². The van der Waals surface area contributed by atoms with Crippen LogP contribution in [0, 0.1) is 0 Å². The van der Waals surface area contributed by atoms with Crippen LogP contribution in [0.15, 0.2) is 53.7 Å². The first kappa shape index (κ1) is 10.4. The second-order valence-electron chi connectivity index (χ2n) is 3.74. The predicted octanol–water partition coefficient (Wildman–Crippen LogP) is 2.87. The van der Waals surface area contributed by atoms with E-state index in [9.17, 15) is 4.79 Å². The number of pyridine rings is 1. The highest BCUT2D eigenvalue weighted by atomic mass is 32.2. The number of carbonyl (C=O) groups excluding carboxylic acids is 1. The first-order chi connectivity index (χ1) is 8.34. The minimum absolute atomic E-state index is 0.0295. The van der Waals surface area contributed by atoms with E-state index in [0.717, 1.165) is 16.3 Å². The number of carbonyl (C=O) groups is 1. The van der Waals surface area contributed by atoms with Crippen LogP contribution in [0.4, 0.5) is 5.69 Å². The third-order valence-corrected chi connectivity index (χ3v) is 3.80. The largest absolute Gasteiger partial charge is 0.325 e. The molecule has 0 fully saturated rings. The summed E-state index contributed by atoms with van der Waals surface area (Å²) >= 11 is 1.48. The summed E-state index contributed by atoms with van der Waals surface area (Å²) in [5, 5.41) is 3.55. The zero-order chi connectivity index (χ0) is 11.7. The molecule has 0 aliphatic carbocycles. The minimum Gasteiger partial charge on any atom is -0.325 e. The second kappa shape index (κ2) is 4.22. The number of fused-ring (bicyclic) bond motifs is 1. The lowest BCUT2D eigenvalue weighted by Gasteiger charge is -2.07. The van der Waals surface area contributed by atoms with Gasteiger partial charge in [0.15, 0.2) is 0 Å². The molecule has 0 bridgehead atoms. The van der Waals surface area contributed by atoms with Crippen LogP contribution in [-0.2, 0) is 4.79 Å². The highest BCUT2D eigenvalue weighted by Gasteiger charge is 2.31. The monoisotopic (exact) mass is 242 g/mol. The van der Waals surface area contributed by atoms with Gasteiger partial charge in [0.1, 0.15) is 5.25 Å². The normalized spacial score (nSPS) is 17.6. The quantitative estimate of drug-likeness (QED) is 0.880. The van der Waals surface area contributed by atoms with Crippen LogP contribution in [0.1, 0.15) is 10.8 Å². The van der Waals surface area contributed by atoms with Crippen molar-refractivity contribution in [1.82, 2.24) is 4.98 Å². The SMILES string of the molecule is O=C1Nc2ccccc2C1Sc1ccccn1. The Kier molecular flexibility index (Phi) is 2.57. The highest BCUT2D eigenvalue weighted by Crippen LogP contribution is 2.42. The van der Waals surface area contributed by atoms with Gasteiger partial charge in [-0.25, -0.2) is 4.98 Å². The fourth-order valence-electron chi connectivity index (χ4n) is 1.83. The molecule has 2 aromatic rings. The number of hydrogen-bond donors (Lipinski definition) is 1. The maximum Gasteiger partial charge on any atom is 0.242 e. The van der Waals surface area contributed by atoms with Gasteiger partial charge in [-0.05, 0) is 23.8 Å². The fourth-order valence-corrected chi connectivity index (χ4v) is 2.85. The number of aromatic nitrogens is 1. The Morgan fingerprint density at radius 2 is 1.94 bits per heavy atom. The minimum atomic E-state index is -0.193. The van der Waals surface area contributed by atoms with Crippen LogP contribution in [0.3, 0.4) is 0 Å². The summed E-state index contributed by atoms with van der Waals surface area (Å²) in [5.74, 6) is 0.0295. The molecule has 1 atom stereocenters. The lowest BCUT2D eigenvalue weighted by Crippen LogP contribution is -2.09. The van der Waals surface area contributed by atoms with Gasteiger partial charge in [-0.15, -0.1) is 0 Å². The van der Waals surface area contributed by atoms with Gasteiger partial charge in [-0.3, -0.25) is 4.79 Å². The molecule has 0 radical (unpaired) electrons. The predicted molar refractivity (Wildman–Crippen MR) is 67.9 cm³/mol. The number of anilines is 1. The van der Waals surface area contributed by atoms with Crippen molar-refractivity contribution in [2.24, 2.45) is 0 Å². The number of hydrogen-bond acceptors (Lipinski definition) is 3. The Bertz CT molecular complexity index is 556. The Morgan fingerprint density at radius 3 is 2.76 bits per heavy atom. The molecule has 4 heteroatoms. The fraction of sp³-hybridized carbons (Fsp3) is 0.0769. The van der Waals surface area contributed by atoms with Gasteiger partial charge in [-0.1, -0.05) is 36.0 Å². The third kappa shape index (κ3) is 1.91. The van der Waals surface area contributed by atoms with Crippen LogP contribution in [0.5, 0.6) is 0 Å². The van der Waals surface area contributed by atoms with E-state index < -0.39 is 0 Å². The smallest absolute Gasteiger partial charge is 0.242 e. The maximum atomic E-state index is 11.9. The van der Waals surface area contributed by atoms with Crippen molar-refractivity contribution in [2.45, 2.75) is 10.3 Å². The van der Waals surface area contributed by atoms with Crippen molar-refractivity contribution in [3.05, 3.63) is 54.2 Å². The van der Waals surface area contributed by atoms with E-state index in [1.165, 1.54) is 11.8 Å². The number of thioether (sulfide) groups is 1. The molecule has 0 saturated carbocycles. The molecule has 1 aliphatic rings. The molecular formula is C13H10N2OS. The topological polar surface area (TPSA) is 42.0 Å². The molecule has 0 spiro atoms. The van der Waals surface area contributed by atoms with E-state index in [4.69, 9.17) is 0 Å². The molecule has 3 nitrogen and oxygen atoms in total. The van der Waals surface area contributed by atoms with Crippen LogP contribution in [-0.4, -0.2) is 10.9 Å². The van der Waals surface area contributed by atoms with Crippen molar-refractivity contribution in [2.75, 3.05) is 5.32 Å². The summed E-state index contributed by atoms with van der Waals surface area (Å²) in [6.07, 6.45) is 1.74. The molecule has 17 heavy (non-hydrogen) atoms. The summed E-state index contributed by atoms with van der Waals surface area (Å²) in [4.78, 5) is 16.1. The third-order valence-electron chi connectivity index (χ3n) is 2.62. The Hall–Kier alpha value is -1.81. The standard InChI is InChI=1S/C13H10N2OS/c16-13-12(17-11-7-3-4-8-14-11)9-5-1-2-6-10(9)15-13/h1-8,12H,(H,15,16). The molecule has 2 heterocycles. The summed E-state index contributed by atoms with van der Waals surface area (Å²) < 4.78 is 0. The first-order valence-electron chi connectivity index (χ1n) is 5.32. The molecule has 1 N–H and O–H groups in total. The van der Waals surface area contributed by atoms with Gasteiger partial charge in [0.2, 0.25) is 5.91 Å². The molecule has 1 aliphatic heterocycles. The van der Waals surface area contributed by atoms with E-state index in [1.54, 1.807) is 6.20 Å². The van der Waals surface area contributed by atoms with Crippen molar-refractivity contribution in [3.8, 4) is 0 Å². The molecule has 1 amide bonds. The number of nitrogens with zero attached hydrogens (tertiary/aromatic N) is 1. The molecule has 1 aromatic carbocycles. The summed E-state index contributed by atoms with van der Waals surface area (Å²) in [6, 6.07) is 13.5. The zero-order valence-corrected chi connectivity index (χ0v) is 9.78. The number of benzene rings is 1. The molecule has 0 saturated heterocycles. The lowest BCUT2D eigenvalue weighted by molar-refractivity contribution is -0.115. The van der Waals surface area contributed by atoms with Crippen LogP contribution >= 0.6 is 11.8 Å². The lowest BCUT2D eigenvalue weighted by atomic mass is 10.2. The van der Waals surface area contributed by atoms with Gasteiger partial charge < -0.3 is 5.32 Å². The Morgan fingerprint density at radius 1 is 1.12 bits per heavy atom. The average molecular weight is 242 g/mol. The maximum absolute atomic E-state index is 11.9. The van der Waals surface area contributed by atoms with Gasteiger partial charge in [0.05, 0.1) is 5.03 Å². The van der Waals surface area contributed by atoms with E-state index in [1.807, 2.05) is 42.5 Å². The van der Waals surface area contributed by atoms with E-state index in [-0.39, 0.29) is 11.2 Å². The number of para-hydroxylation sites is 1. The number of rotatable bonds is 2. The zero-order valence-electron chi connectivity index (χ0n) is 8.96. The number of nitrogens with one attached hydrogen (secondary N) is 1. The van der Waals surface area contributed by atoms with Gasteiger partial charge in [-0.2, -0.15) is 0 Å². The summed E-state index contributed by atoms with van der Waals surface area (Å²) in [7, 11) is 0. The summed E-state index contributed by atoms with van der Waals surface area (Å²) in [6.45, 7) is 0. The van der Waals surface area contributed by atoms with Crippen LogP contribution in [0.2, 0.25) is 0 Å². The molecule has 3 rings (SSSR count). The van der Waals surface area contributed by atoms with Crippen LogP contribution < -0.4 is 5.32 Å². The van der Waals surface area contributed by atoms with Crippen LogP contribution in [0.25, 0.3) is 0 Å². The molecule has 84 valence electrons. The van der Waals surface area contributed by atoms with Gasteiger partial charge in [0, 0.05) is 11.9 Å². The Balaban J connectivity index is 1.92.